The molecule has 0 unspecified atom stereocenters. The van der Waals surface area contributed by atoms with Gasteiger partial charge < -0.3 is 5.32 Å². The normalized spacial score (nSPS) is 10.0. The maximum absolute atomic E-state index is 11.9. The Labute approximate surface area is 111 Å². The fraction of sp³-hybridized carbons (Fsp3) is 0.133. The molecule has 19 heavy (non-hydrogen) atoms. The van der Waals surface area contributed by atoms with E-state index in [9.17, 15) is 9.59 Å². The average molecular weight is 254 g/mol. The predicted octanol–water partition coefficient (Wildman–Crippen LogP) is 2.52. The quantitative estimate of drug-likeness (QED) is 0.676. The first kappa shape index (κ1) is 13.0. The number of nitrogens with zero attached hydrogens (tertiary/aromatic N) is 1. The van der Waals surface area contributed by atoms with Gasteiger partial charge in [-0.1, -0.05) is 30.3 Å². The number of benzene rings is 1. The lowest BCUT2D eigenvalue weighted by molar-refractivity contribution is -0.112. The zero-order valence-electron chi connectivity index (χ0n) is 10.8. The van der Waals surface area contributed by atoms with Gasteiger partial charge in [0.25, 0.3) is 11.7 Å². The number of aryl methyl sites for hydroxylation is 2. The van der Waals surface area contributed by atoms with Gasteiger partial charge in [0.05, 0.1) is 11.9 Å². The molecule has 0 spiro atoms. The summed E-state index contributed by atoms with van der Waals surface area (Å²) >= 11 is 0. The minimum Gasteiger partial charge on any atom is -0.318 e. The summed E-state index contributed by atoms with van der Waals surface area (Å²) in [5.41, 5.74) is 2.76. The largest absolute Gasteiger partial charge is 0.318 e. The molecule has 0 radical (unpaired) electrons. The highest BCUT2D eigenvalue weighted by Gasteiger charge is 2.16. The van der Waals surface area contributed by atoms with Crippen LogP contribution in [0, 0.1) is 13.8 Å². The van der Waals surface area contributed by atoms with Crippen molar-refractivity contribution in [3.05, 3.63) is 59.4 Å². The molecule has 0 aliphatic rings. The Hall–Kier alpha value is -2.49. The van der Waals surface area contributed by atoms with E-state index in [1.54, 1.807) is 42.6 Å². The van der Waals surface area contributed by atoms with Crippen molar-refractivity contribution in [1.82, 2.24) is 4.98 Å². The van der Waals surface area contributed by atoms with Crippen molar-refractivity contribution in [3.63, 3.8) is 0 Å². The van der Waals surface area contributed by atoms with Crippen LogP contribution in [0.4, 0.5) is 5.69 Å². The number of hydrogen-bond acceptors (Lipinski definition) is 3. The van der Waals surface area contributed by atoms with E-state index >= 15 is 0 Å². The molecule has 4 nitrogen and oxygen atoms in total. The van der Waals surface area contributed by atoms with E-state index in [1.165, 1.54) is 0 Å². The number of pyridine rings is 1. The number of Topliss-reactive ketones (excluding diaryl/α,β-unsaturated/α-hetero) is 1. The molecule has 0 bridgehead atoms. The molecule has 96 valence electrons. The van der Waals surface area contributed by atoms with Crippen LogP contribution in [0.2, 0.25) is 0 Å². The Morgan fingerprint density at radius 1 is 1.11 bits per heavy atom. The van der Waals surface area contributed by atoms with Crippen molar-refractivity contribution in [3.8, 4) is 0 Å². The van der Waals surface area contributed by atoms with Gasteiger partial charge in [-0.3, -0.25) is 14.6 Å². The van der Waals surface area contributed by atoms with Crippen molar-refractivity contribution in [2.75, 3.05) is 5.32 Å². The average Bonchev–Trinajstić information content (AvgIpc) is 2.43. The lowest BCUT2D eigenvalue weighted by atomic mass is 10.1. The van der Waals surface area contributed by atoms with Gasteiger partial charge in [-0.15, -0.1) is 0 Å². The van der Waals surface area contributed by atoms with Crippen LogP contribution in [0.15, 0.2) is 42.6 Å². The van der Waals surface area contributed by atoms with Crippen LogP contribution >= 0.6 is 0 Å². The molecule has 1 amide bonds. The van der Waals surface area contributed by atoms with Crippen molar-refractivity contribution < 1.29 is 9.59 Å². The van der Waals surface area contributed by atoms with Crippen LogP contribution in [0.5, 0.6) is 0 Å². The standard InChI is InChI=1S/C15H14N2O2/c1-10-8-13(9-16-11(10)2)17-15(19)14(18)12-6-4-3-5-7-12/h3-9H,1-2H3,(H,17,19). The van der Waals surface area contributed by atoms with Crippen LogP contribution < -0.4 is 5.32 Å². The Morgan fingerprint density at radius 3 is 2.42 bits per heavy atom. The molecular weight excluding hydrogens is 240 g/mol. The fourth-order valence-electron chi connectivity index (χ4n) is 1.62. The summed E-state index contributed by atoms with van der Waals surface area (Å²) in [6, 6.07) is 10.2. The molecule has 0 aliphatic heterocycles. The van der Waals surface area contributed by atoms with Crippen molar-refractivity contribution in [1.29, 1.82) is 0 Å². The molecule has 0 saturated heterocycles. The molecule has 2 rings (SSSR count). The number of amides is 1. The van der Waals surface area contributed by atoms with Crippen LogP contribution in [0.3, 0.4) is 0 Å². The predicted molar refractivity (Wildman–Crippen MR) is 73.1 cm³/mol. The van der Waals surface area contributed by atoms with Gasteiger partial charge in [0.15, 0.2) is 0 Å². The fourth-order valence-corrected chi connectivity index (χ4v) is 1.62. The highest BCUT2D eigenvalue weighted by molar-refractivity contribution is 6.46. The maximum Gasteiger partial charge on any atom is 0.296 e. The van der Waals surface area contributed by atoms with E-state index < -0.39 is 11.7 Å². The van der Waals surface area contributed by atoms with Gasteiger partial charge in [-0.2, -0.15) is 0 Å². The lowest BCUT2D eigenvalue weighted by Crippen LogP contribution is -2.23. The van der Waals surface area contributed by atoms with Crippen molar-refractivity contribution in [2.24, 2.45) is 0 Å². The minimum absolute atomic E-state index is 0.372. The molecule has 1 heterocycles. The molecule has 2 aromatic rings. The van der Waals surface area contributed by atoms with Gasteiger partial charge in [0, 0.05) is 11.3 Å². The third-order valence-electron chi connectivity index (χ3n) is 2.84. The first-order chi connectivity index (χ1) is 9.08. The van der Waals surface area contributed by atoms with E-state index in [-0.39, 0.29) is 0 Å². The Kier molecular flexibility index (Phi) is 3.71. The van der Waals surface area contributed by atoms with E-state index in [0.717, 1.165) is 11.3 Å². The summed E-state index contributed by atoms with van der Waals surface area (Å²) in [6.45, 7) is 3.78. The second-order valence-corrected chi connectivity index (χ2v) is 4.28. The van der Waals surface area contributed by atoms with E-state index in [1.807, 2.05) is 13.8 Å². The summed E-state index contributed by atoms with van der Waals surface area (Å²) in [6.07, 6.45) is 1.54. The Morgan fingerprint density at radius 2 is 1.79 bits per heavy atom. The number of ketones is 1. The number of carbonyl (C=O) groups excluding carboxylic acids is 2. The SMILES string of the molecule is Cc1cc(NC(=O)C(=O)c2ccccc2)cnc1C. The van der Waals surface area contributed by atoms with E-state index in [0.29, 0.717) is 11.3 Å². The third kappa shape index (κ3) is 3.04. The Bertz CT molecular complexity index is 621. The van der Waals surface area contributed by atoms with Crippen LogP contribution in [-0.4, -0.2) is 16.7 Å². The van der Waals surface area contributed by atoms with Crippen molar-refractivity contribution in [2.45, 2.75) is 13.8 Å². The molecule has 1 aromatic carbocycles. The summed E-state index contributed by atoms with van der Waals surface area (Å²) in [4.78, 5) is 27.8. The molecule has 1 aromatic heterocycles. The number of carbonyl (C=O) groups is 2. The van der Waals surface area contributed by atoms with Gasteiger partial charge >= 0.3 is 0 Å². The number of anilines is 1. The van der Waals surface area contributed by atoms with E-state index in [4.69, 9.17) is 0 Å². The number of rotatable bonds is 3. The zero-order valence-corrected chi connectivity index (χ0v) is 10.8. The monoisotopic (exact) mass is 254 g/mol. The number of hydrogen-bond donors (Lipinski definition) is 1. The van der Waals surface area contributed by atoms with Gasteiger partial charge in [-0.25, -0.2) is 0 Å². The maximum atomic E-state index is 11.9. The first-order valence-electron chi connectivity index (χ1n) is 5.92. The molecule has 0 atom stereocenters. The van der Waals surface area contributed by atoms with Gasteiger partial charge in [-0.05, 0) is 25.5 Å². The summed E-state index contributed by atoms with van der Waals surface area (Å²) in [5.74, 6) is -1.21. The van der Waals surface area contributed by atoms with Crippen LogP contribution in [-0.2, 0) is 4.79 Å². The smallest absolute Gasteiger partial charge is 0.296 e. The second kappa shape index (κ2) is 5.44. The molecule has 0 fully saturated rings. The van der Waals surface area contributed by atoms with Crippen LogP contribution in [0.1, 0.15) is 21.6 Å². The topological polar surface area (TPSA) is 59.1 Å². The van der Waals surface area contributed by atoms with Crippen molar-refractivity contribution >= 4 is 17.4 Å². The minimum atomic E-state index is -0.656. The highest BCUT2D eigenvalue weighted by atomic mass is 16.2. The van der Waals surface area contributed by atoms with Gasteiger partial charge in [0.2, 0.25) is 0 Å². The summed E-state index contributed by atoms with van der Waals surface area (Å²) < 4.78 is 0. The zero-order chi connectivity index (χ0) is 13.8. The third-order valence-corrected chi connectivity index (χ3v) is 2.84. The van der Waals surface area contributed by atoms with E-state index in [2.05, 4.69) is 10.3 Å². The lowest BCUT2D eigenvalue weighted by Gasteiger charge is -2.06. The highest BCUT2D eigenvalue weighted by Crippen LogP contribution is 2.12. The Balaban J connectivity index is 2.13. The summed E-state index contributed by atoms with van der Waals surface area (Å²) in [5, 5.41) is 2.56. The molecule has 1 N–H and O–H groups in total. The molecule has 0 aliphatic carbocycles. The van der Waals surface area contributed by atoms with Crippen LogP contribution in [0.25, 0.3) is 0 Å². The number of aromatic nitrogens is 1. The molecule has 0 saturated carbocycles. The number of nitrogens with one attached hydrogen (secondary N) is 1. The first-order valence-corrected chi connectivity index (χ1v) is 5.92. The molecule has 4 heteroatoms. The summed E-state index contributed by atoms with van der Waals surface area (Å²) in [7, 11) is 0. The second-order valence-electron chi connectivity index (χ2n) is 4.28. The van der Waals surface area contributed by atoms with Gasteiger partial charge in [0.1, 0.15) is 0 Å². The molecular formula is C15H14N2O2.